The summed E-state index contributed by atoms with van der Waals surface area (Å²) in [4.78, 5) is 10.9. The lowest BCUT2D eigenvalue weighted by molar-refractivity contribution is -0.132. The molecule has 1 fully saturated rings. The Morgan fingerprint density at radius 1 is 1.32 bits per heavy atom. The predicted molar refractivity (Wildman–Crippen MR) is 82.4 cm³/mol. The molecule has 0 spiro atoms. The zero-order valence-electron chi connectivity index (χ0n) is 13.5. The van der Waals surface area contributed by atoms with Crippen molar-refractivity contribution in [1.82, 2.24) is 10.6 Å². The van der Waals surface area contributed by atoms with Gasteiger partial charge in [0.2, 0.25) is 0 Å². The number of carbonyl (C=O) groups is 1. The molecule has 1 aliphatic heterocycles. The minimum absolute atomic E-state index is 0.385. The molecular formula is C15H32N2O2. The third-order valence-corrected chi connectivity index (χ3v) is 2.48. The Hall–Kier alpha value is -1.03. The van der Waals surface area contributed by atoms with Gasteiger partial charge in [0.25, 0.3) is 0 Å². The van der Waals surface area contributed by atoms with Crippen LogP contribution in [-0.4, -0.2) is 30.2 Å². The number of hydrogen-bond acceptors (Lipinski definition) is 3. The van der Waals surface area contributed by atoms with E-state index in [1.807, 2.05) is 20.8 Å². The second-order valence-corrected chi connectivity index (χ2v) is 4.16. The van der Waals surface area contributed by atoms with Gasteiger partial charge in [-0.25, -0.2) is 4.79 Å². The minimum atomic E-state index is -0.799. The fourth-order valence-corrected chi connectivity index (χ4v) is 1.79. The highest BCUT2D eigenvalue weighted by Crippen LogP contribution is 2.17. The van der Waals surface area contributed by atoms with Crippen LogP contribution in [0.2, 0.25) is 0 Å². The number of rotatable bonds is 4. The van der Waals surface area contributed by atoms with Crippen molar-refractivity contribution < 1.29 is 9.90 Å². The first-order chi connectivity index (χ1) is 9.10. The zero-order chi connectivity index (χ0) is 15.3. The van der Waals surface area contributed by atoms with E-state index in [1.165, 1.54) is 6.42 Å². The van der Waals surface area contributed by atoms with Crippen molar-refractivity contribution >= 4 is 5.97 Å². The lowest BCUT2D eigenvalue weighted by Gasteiger charge is -2.06. The first-order valence-corrected chi connectivity index (χ1v) is 7.53. The van der Waals surface area contributed by atoms with Crippen LogP contribution in [0.15, 0.2) is 11.3 Å². The second kappa shape index (κ2) is 13.4. The Morgan fingerprint density at radius 2 is 1.84 bits per heavy atom. The Kier molecular flexibility index (Phi) is 14.3. The predicted octanol–water partition coefficient (Wildman–Crippen LogP) is 3.15. The van der Waals surface area contributed by atoms with Crippen molar-refractivity contribution in [1.29, 1.82) is 0 Å². The summed E-state index contributed by atoms with van der Waals surface area (Å²) >= 11 is 0. The summed E-state index contributed by atoms with van der Waals surface area (Å²) in [5.74, 6) is -0.799. The molecule has 19 heavy (non-hydrogen) atoms. The summed E-state index contributed by atoms with van der Waals surface area (Å²) in [5.41, 5.74) is 1.41. The molecule has 0 bridgehead atoms. The summed E-state index contributed by atoms with van der Waals surface area (Å²) in [6.07, 6.45) is 2.64. The van der Waals surface area contributed by atoms with Gasteiger partial charge in [-0.05, 0) is 13.0 Å². The molecule has 0 aromatic carbocycles. The van der Waals surface area contributed by atoms with Crippen LogP contribution < -0.4 is 10.6 Å². The Balaban J connectivity index is 0. The average molecular weight is 272 g/mol. The van der Waals surface area contributed by atoms with E-state index in [0.717, 1.165) is 25.2 Å². The monoisotopic (exact) mass is 272 g/mol. The van der Waals surface area contributed by atoms with Crippen LogP contribution in [0.1, 0.15) is 60.8 Å². The molecule has 114 valence electrons. The summed E-state index contributed by atoms with van der Waals surface area (Å²) < 4.78 is 0. The number of carboxylic acids is 1. The molecule has 0 saturated carbocycles. The van der Waals surface area contributed by atoms with E-state index < -0.39 is 5.97 Å². The minimum Gasteiger partial charge on any atom is -0.478 e. The molecule has 0 aliphatic carbocycles. The molecule has 1 atom stereocenters. The molecule has 1 heterocycles. The van der Waals surface area contributed by atoms with E-state index in [9.17, 15) is 4.79 Å². The van der Waals surface area contributed by atoms with Crippen molar-refractivity contribution in [3.8, 4) is 0 Å². The van der Waals surface area contributed by atoms with Crippen LogP contribution in [0.4, 0.5) is 0 Å². The highest BCUT2D eigenvalue weighted by atomic mass is 16.4. The first-order valence-electron chi connectivity index (χ1n) is 7.53. The summed E-state index contributed by atoms with van der Waals surface area (Å²) in [6, 6.07) is 0.385. The fourth-order valence-electron chi connectivity index (χ4n) is 1.79. The number of nitrogens with one attached hydrogen (secondary N) is 2. The molecular weight excluding hydrogens is 240 g/mol. The molecule has 0 aromatic heterocycles. The highest BCUT2D eigenvalue weighted by molar-refractivity contribution is 5.87. The molecule has 0 aromatic rings. The normalized spacial score (nSPS) is 19.4. The van der Waals surface area contributed by atoms with E-state index in [1.54, 1.807) is 0 Å². The van der Waals surface area contributed by atoms with Crippen LogP contribution in [0, 0.1) is 0 Å². The van der Waals surface area contributed by atoms with Crippen LogP contribution in [0.25, 0.3) is 0 Å². The van der Waals surface area contributed by atoms with Gasteiger partial charge in [-0.1, -0.05) is 48.0 Å². The topological polar surface area (TPSA) is 61.4 Å². The fraction of sp³-hybridized carbons (Fsp3) is 0.800. The maximum absolute atomic E-state index is 10.9. The van der Waals surface area contributed by atoms with Crippen molar-refractivity contribution in [2.45, 2.75) is 66.8 Å². The van der Waals surface area contributed by atoms with Crippen LogP contribution >= 0.6 is 0 Å². The molecule has 0 amide bonds. The molecule has 4 nitrogen and oxygen atoms in total. The van der Waals surface area contributed by atoms with Crippen molar-refractivity contribution in [3.63, 3.8) is 0 Å². The van der Waals surface area contributed by atoms with E-state index in [2.05, 4.69) is 31.4 Å². The lowest BCUT2D eigenvalue weighted by atomic mass is 10.1. The molecule has 3 N–H and O–H groups in total. The van der Waals surface area contributed by atoms with Crippen molar-refractivity contribution in [2.75, 3.05) is 13.1 Å². The molecule has 1 rings (SSSR count). The standard InChI is InChI=1S/C10H18N2O2.C3H8.C2H6/c1-3-8(10(13)14)9-5-7(6-12-9)11-4-2;1-3-2;1-2/h7,11-12H,3-6H2,1-2H3,(H,13,14);3H2,1-2H3;1-2H3/b9-8+;;/t7-;;/m0../s1. The van der Waals surface area contributed by atoms with Crippen LogP contribution in [0.3, 0.4) is 0 Å². The molecule has 0 unspecified atom stereocenters. The molecule has 1 saturated heterocycles. The Morgan fingerprint density at radius 3 is 2.21 bits per heavy atom. The number of aliphatic carboxylic acids is 1. The summed E-state index contributed by atoms with van der Waals surface area (Å²) in [7, 11) is 0. The third kappa shape index (κ3) is 8.65. The average Bonchev–Trinajstić information content (AvgIpc) is 2.82. The van der Waals surface area contributed by atoms with Crippen LogP contribution in [0.5, 0.6) is 0 Å². The highest BCUT2D eigenvalue weighted by Gasteiger charge is 2.22. The molecule has 1 aliphatic rings. The van der Waals surface area contributed by atoms with Gasteiger partial charge in [-0.3, -0.25) is 0 Å². The summed E-state index contributed by atoms with van der Waals surface area (Å²) in [5, 5.41) is 15.4. The van der Waals surface area contributed by atoms with Gasteiger partial charge >= 0.3 is 5.97 Å². The number of likely N-dealkylation sites (N-methyl/N-ethyl adjacent to an activating group) is 1. The molecule has 0 radical (unpaired) electrons. The number of carboxylic acid groups (broad SMARTS) is 1. The van der Waals surface area contributed by atoms with Gasteiger partial charge in [-0.2, -0.15) is 0 Å². The maximum Gasteiger partial charge on any atom is 0.333 e. The van der Waals surface area contributed by atoms with Crippen molar-refractivity contribution in [2.24, 2.45) is 0 Å². The van der Waals surface area contributed by atoms with Gasteiger partial charge < -0.3 is 15.7 Å². The number of hydrogen-bond donors (Lipinski definition) is 3. The van der Waals surface area contributed by atoms with E-state index in [4.69, 9.17) is 5.11 Å². The molecule has 4 heteroatoms. The largest absolute Gasteiger partial charge is 0.478 e. The van der Waals surface area contributed by atoms with Gasteiger partial charge in [0.1, 0.15) is 0 Å². The third-order valence-electron chi connectivity index (χ3n) is 2.48. The van der Waals surface area contributed by atoms with Gasteiger partial charge in [0, 0.05) is 24.7 Å². The Labute approximate surface area is 118 Å². The second-order valence-electron chi connectivity index (χ2n) is 4.16. The van der Waals surface area contributed by atoms with Gasteiger partial charge in [0.05, 0.1) is 5.57 Å². The lowest BCUT2D eigenvalue weighted by Crippen LogP contribution is -2.30. The van der Waals surface area contributed by atoms with E-state index in [0.29, 0.717) is 18.0 Å². The van der Waals surface area contributed by atoms with Gasteiger partial charge in [-0.15, -0.1) is 0 Å². The first kappa shape index (κ1) is 20.3. The van der Waals surface area contributed by atoms with Crippen molar-refractivity contribution in [3.05, 3.63) is 11.3 Å². The SMILES string of the molecule is CC.CCC.CCN[C@@H]1CN/C(=C(\CC)C(=O)O)C1. The smallest absolute Gasteiger partial charge is 0.333 e. The van der Waals surface area contributed by atoms with Gasteiger partial charge in [0.15, 0.2) is 0 Å². The van der Waals surface area contributed by atoms with Crippen LogP contribution in [-0.2, 0) is 4.79 Å². The quantitative estimate of drug-likeness (QED) is 0.688. The zero-order valence-corrected chi connectivity index (χ0v) is 13.5. The van der Waals surface area contributed by atoms with E-state index in [-0.39, 0.29) is 0 Å². The Bertz CT molecular complexity index is 263. The summed E-state index contributed by atoms with van der Waals surface area (Å²) in [6.45, 7) is 13.9. The maximum atomic E-state index is 10.9. The van der Waals surface area contributed by atoms with E-state index >= 15 is 0 Å².